The zero-order valence-electron chi connectivity index (χ0n) is 12.5. The molecule has 1 aliphatic rings. The number of hydrogen-bond acceptors (Lipinski definition) is 4. The van der Waals surface area contributed by atoms with Gasteiger partial charge in [0.15, 0.2) is 28.2 Å². The normalized spacial score (nSPS) is 15.9. The maximum atomic E-state index is 13.7. The molecule has 0 amide bonds. The van der Waals surface area contributed by atoms with Gasteiger partial charge in [0.25, 0.3) is 0 Å². The molecular weight excluding hydrogens is 389 g/mol. The van der Waals surface area contributed by atoms with Crippen molar-refractivity contribution in [3.63, 3.8) is 0 Å². The predicted octanol–water partition coefficient (Wildman–Crippen LogP) is 1.52. The van der Waals surface area contributed by atoms with Crippen molar-refractivity contribution < 1.29 is 40.3 Å². The van der Waals surface area contributed by atoms with Crippen LogP contribution < -0.4 is 0 Å². The van der Waals surface area contributed by atoms with E-state index in [4.69, 9.17) is 5.11 Å². The number of carboxylic acids is 1. The van der Waals surface area contributed by atoms with Gasteiger partial charge in [-0.2, -0.15) is 9.40 Å². The summed E-state index contributed by atoms with van der Waals surface area (Å²) in [5, 5.41) is 12.7. The quantitative estimate of drug-likeness (QED) is 0.480. The molecule has 1 aliphatic heterocycles. The Kier molecular flexibility index (Phi) is 4.23. The average molecular weight is 397 g/mol. The van der Waals surface area contributed by atoms with Gasteiger partial charge in [-0.05, 0) is 6.07 Å². The van der Waals surface area contributed by atoms with Crippen LogP contribution in [-0.2, 0) is 10.0 Å². The molecule has 26 heavy (non-hydrogen) atoms. The van der Waals surface area contributed by atoms with E-state index in [1.165, 1.54) is 0 Å². The number of halogens is 5. The summed E-state index contributed by atoms with van der Waals surface area (Å²) < 4.78 is 93.0. The molecular formula is C13H8F5N3O4S. The topological polar surface area (TPSA) is 92.5 Å². The minimum Gasteiger partial charge on any atom is -0.477 e. The first-order valence-corrected chi connectivity index (χ1v) is 8.29. The minimum atomic E-state index is -5.03. The highest BCUT2D eigenvalue weighted by Gasteiger charge is 2.44. The maximum absolute atomic E-state index is 13.7. The molecule has 0 aliphatic carbocycles. The first kappa shape index (κ1) is 18.3. The third-order valence-electron chi connectivity index (χ3n) is 3.83. The Hall–Kier alpha value is -2.54. The van der Waals surface area contributed by atoms with Gasteiger partial charge in [0.1, 0.15) is 5.69 Å². The van der Waals surface area contributed by atoms with Crippen LogP contribution in [0.5, 0.6) is 0 Å². The fourth-order valence-electron chi connectivity index (χ4n) is 2.48. The van der Waals surface area contributed by atoms with Crippen LogP contribution in [0.2, 0.25) is 0 Å². The molecule has 3 rings (SSSR count). The summed E-state index contributed by atoms with van der Waals surface area (Å²) in [6.07, 6.45) is 1.16. The standard InChI is InChI=1S/C13H8F5N3O4S/c14-7-8(15)10(17)12(11(18)9(7)16)26(24,25)20-3-5(4-20)21-6(13(22)23)1-2-19-21/h1-2,5H,3-4H2,(H,22,23). The number of carboxylic acid groups (broad SMARTS) is 1. The molecule has 1 fully saturated rings. The number of carbonyl (C=O) groups is 1. The van der Waals surface area contributed by atoms with E-state index in [1.54, 1.807) is 0 Å². The van der Waals surface area contributed by atoms with Crippen LogP contribution in [0, 0.1) is 29.1 Å². The summed E-state index contributed by atoms with van der Waals surface area (Å²) in [7, 11) is -5.03. The van der Waals surface area contributed by atoms with Crippen LogP contribution in [-0.4, -0.2) is 46.7 Å². The fourth-order valence-corrected chi connectivity index (χ4v) is 4.11. The van der Waals surface area contributed by atoms with Crippen LogP contribution in [0.15, 0.2) is 17.2 Å². The van der Waals surface area contributed by atoms with Crippen LogP contribution >= 0.6 is 0 Å². The summed E-state index contributed by atoms with van der Waals surface area (Å²) in [4.78, 5) is 9.06. The van der Waals surface area contributed by atoms with Gasteiger partial charge >= 0.3 is 5.97 Å². The Morgan fingerprint density at radius 3 is 2.04 bits per heavy atom. The van der Waals surface area contributed by atoms with Crippen molar-refractivity contribution in [2.24, 2.45) is 0 Å². The zero-order valence-corrected chi connectivity index (χ0v) is 13.3. The van der Waals surface area contributed by atoms with E-state index >= 15 is 0 Å². The first-order chi connectivity index (χ1) is 12.1. The van der Waals surface area contributed by atoms with Gasteiger partial charge in [-0.15, -0.1) is 0 Å². The molecule has 7 nitrogen and oxygen atoms in total. The number of nitrogens with zero attached hydrogens (tertiary/aromatic N) is 3. The van der Waals surface area contributed by atoms with E-state index in [1.807, 2.05) is 0 Å². The highest BCUT2D eigenvalue weighted by Crippen LogP contribution is 2.33. The highest BCUT2D eigenvalue weighted by atomic mass is 32.2. The van der Waals surface area contributed by atoms with E-state index < -0.39 is 69.1 Å². The van der Waals surface area contributed by atoms with Crippen molar-refractivity contribution in [3.05, 3.63) is 47.0 Å². The van der Waals surface area contributed by atoms with Crippen LogP contribution in [0.4, 0.5) is 22.0 Å². The predicted molar refractivity (Wildman–Crippen MR) is 73.2 cm³/mol. The van der Waals surface area contributed by atoms with Gasteiger partial charge in [0.05, 0.1) is 6.04 Å². The van der Waals surface area contributed by atoms with E-state index in [0.29, 0.717) is 4.31 Å². The molecule has 0 saturated carbocycles. The van der Waals surface area contributed by atoms with E-state index in [9.17, 15) is 35.2 Å². The molecule has 1 saturated heterocycles. The van der Waals surface area contributed by atoms with Gasteiger partial charge in [-0.25, -0.2) is 35.2 Å². The van der Waals surface area contributed by atoms with Gasteiger partial charge in [-0.1, -0.05) is 0 Å². The number of hydrogen-bond donors (Lipinski definition) is 1. The molecule has 2 aromatic rings. The molecule has 0 spiro atoms. The monoisotopic (exact) mass is 397 g/mol. The maximum Gasteiger partial charge on any atom is 0.354 e. The Labute approximate surface area is 142 Å². The fraction of sp³-hybridized carbons (Fsp3) is 0.231. The molecule has 0 bridgehead atoms. The summed E-state index contributed by atoms with van der Waals surface area (Å²) in [6.45, 7) is -0.909. The molecule has 1 aromatic heterocycles. The minimum absolute atomic E-state index is 0.247. The first-order valence-electron chi connectivity index (χ1n) is 6.85. The Morgan fingerprint density at radius 1 is 1.04 bits per heavy atom. The van der Waals surface area contributed by atoms with E-state index in [2.05, 4.69) is 5.10 Å². The summed E-state index contributed by atoms with van der Waals surface area (Å²) in [5.41, 5.74) is -0.247. The highest BCUT2D eigenvalue weighted by molar-refractivity contribution is 7.89. The lowest BCUT2D eigenvalue weighted by molar-refractivity contribution is 0.0670. The molecule has 0 unspecified atom stereocenters. The number of rotatable bonds is 4. The molecule has 140 valence electrons. The summed E-state index contributed by atoms with van der Waals surface area (Å²) >= 11 is 0. The second-order valence-electron chi connectivity index (χ2n) is 5.34. The second-order valence-corrected chi connectivity index (χ2v) is 7.22. The summed E-state index contributed by atoms with van der Waals surface area (Å²) in [5.74, 6) is -13.5. The van der Waals surface area contributed by atoms with Gasteiger partial charge in [0.2, 0.25) is 15.8 Å². The van der Waals surface area contributed by atoms with Crippen LogP contribution in [0.25, 0.3) is 0 Å². The average Bonchev–Trinajstić information content (AvgIpc) is 2.98. The lowest BCUT2D eigenvalue weighted by Crippen LogP contribution is -2.51. The van der Waals surface area contributed by atoms with Crippen molar-refractivity contribution in [1.29, 1.82) is 0 Å². The van der Waals surface area contributed by atoms with Crippen molar-refractivity contribution >= 4 is 16.0 Å². The van der Waals surface area contributed by atoms with E-state index in [-0.39, 0.29) is 5.69 Å². The lowest BCUT2D eigenvalue weighted by Gasteiger charge is -2.38. The molecule has 0 atom stereocenters. The molecule has 0 radical (unpaired) electrons. The number of benzene rings is 1. The van der Waals surface area contributed by atoms with Crippen LogP contribution in [0.3, 0.4) is 0 Å². The van der Waals surface area contributed by atoms with Crippen LogP contribution in [0.1, 0.15) is 16.5 Å². The zero-order chi connectivity index (χ0) is 19.4. The lowest BCUT2D eigenvalue weighted by atomic mass is 10.2. The molecule has 1 aromatic carbocycles. The Bertz CT molecular complexity index is 988. The second kappa shape index (κ2) is 6.02. The molecule has 13 heteroatoms. The van der Waals surface area contributed by atoms with Crippen molar-refractivity contribution in [2.45, 2.75) is 10.9 Å². The molecule has 1 N–H and O–H groups in total. The van der Waals surface area contributed by atoms with E-state index in [0.717, 1.165) is 16.9 Å². The third kappa shape index (κ3) is 2.54. The Morgan fingerprint density at radius 2 is 1.54 bits per heavy atom. The van der Waals surface area contributed by atoms with Crippen molar-refractivity contribution in [2.75, 3.05) is 13.1 Å². The summed E-state index contributed by atoms with van der Waals surface area (Å²) in [6, 6.07) is 0.385. The number of aromatic nitrogens is 2. The molecule has 2 heterocycles. The third-order valence-corrected chi connectivity index (χ3v) is 5.68. The van der Waals surface area contributed by atoms with Gasteiger partial charge in [0, 0.05) is 19.3 Å². The van der Waals surface area contributed by atoms with Crippen molar-refractivity contribution in [3.8, 4) is 0 Å². The largest absolute Gasteiger partial charge is 0.477 e. The SMILES string of the molecule is O=C(O)c1ccnn1C1CN(S(=O)(=O)c2c(F)c(F)c(F)c(F)c2F)C1. The van der Waals surface area contributed by atoms with Gasteiger partial charge in [-0.3, -0.25) is 4.68 Å². The van der Waals surface area contributed by atoms with Crippen molar-refractivity contribution in [1.82, 2.24) is 14.1 Å². The number of sulfonamides is 1. The number of aromatic carboxylic acids is 1. The van der Waals surface area contributed by atoms with Gasteiger partial charge < -0.3 is 5.11 Å². The smallest absolute Gasteiger partial charge is 0.354 e. The Balaban J connectivity index is 1.93.